The molecule has 0 aromatic carbocycles. The van der Waals surface area contributed by atoms with Crippen LogP contribution in [0.2, 0.25) is 0 Å². The molecule has 0 unspecified atom stereocenters. The van der Waals surface area contributed by atoms with Crippen molar-refractivity contribution in [3.8, 4) is 0 Å². The number of nitrogens with zero attached hydrogens (tertiary/aromatic N) is 1. The van der Waals surface area contributed by atoms with E-state index in [-0.39, 0.29) is 11.9 Å². The number of hydrogen-bond donors (Lipinski definition) is 1. The number of aryl methyl sites for hydroxylation is 1. The van der Waals surface area contributed by atoms with E-state index < -0.39 is 0 Å². The maximum Gasteiger partial charge on any atom is 0.257 e. The number of carbonyl (C=O) groups excluding carboxylic acids is 1. The summed E-state index contributed by atoms with van der Waals surface area (Å²) in [7, 11) is 0. The molecule has 0 bridgehead atoms. The lowest BCUT2D eigenvalue weighted by molar-refractivity contribution is 0.0949. The van der Waals surface area contributed by atoms with Gasteiger partial charge in [0.2, 0.25) is 0 Å². The Kier molecular flexibility index (Phi) is 2.06. The maximum atomic E-state index is 11.5. The van der Waals surface area contributed by atoms with Crippen LogP contribution in [0.5, 0.6) is 0 Å². The summed E-state index contributed by atoms with van der Waals surface area (Å²) in [5.41, 5.74) is 1.41. The average molecular weight is 194 g/mol. The van der Waals surface area contributed by atoms with Gasteiger partial charge in [0, 0.05) is 0 Å². The van der Waals surface area contributed by atoms with Crippen LogP contribution < -0.4 is 5.32 Å². The predicted molar refractivity (Wildman–Crippen MR) is 50.9 cm³/mol. The fourth-order valence-corrected chi connectivity index (χ4v) is 1.84. The smallest absolute Gasteiger partial charge is 0.257 e. The van der Waals surface area contributed by atoms with Crippen LogP contribution in [0.3, 0.4) is 0 Å². The average Bonchev–Trinajstić information content (AvgIpc) is 2.56. The Bertz CT molecular complexity index is 368. The van der Waals surface area contributed by atoms with E-state index in [0.29, 0.717) is 17.2 Å². The highest BCUT2D eigenvalue weighted by molar-refractivity contribution is 5.99. The zero-order chi connectivity index (χ0) is 10.3. The minimum absolute atomic E-state index is 0.0370. The van der Waals surface area contributed by atoms with Crippen molar-refractivity contribution in [1.29, 1.82) is 0 Å². The van der Waals surface area contributed by atoms with Gasteiger partial charge in [0.05, 0.1) is 6.04 Å². The van der Waals surface area contributed by atoms with E-state index in [9.17, 15) is 4.79 Å². The normalized spacial score (nSPS) is 20.0. The molecule has 4 nitrogen and oxygen atoms in total. The lowest BCUT2D eigenvalue weighted by atomic mass is 10.0. The molecule has 2 rings (SSSR count). The molecule has 1 N–H and O–H groups in total. The molecule has 0 radical (unpaired) electrons. The topological polar surface area (TPSA) is 55.1 Å². The second-order valence-electron chi connectivity index (χ2n) is 4.15. The van der Waals surface area contributed by atoms with Gasteiger partial charge in [0.25, 0.3) is 5.91 Å². The summed E-state index contributed by atoms with van der Waals surface area (Å²) in [6, 6.07) is 0.0370. The molecule has 1 aromatic rings. The third kappa shape index (κ3) is 1.31. The Balaban J connectivity index is 2.30. The van der Waals surface area contributed by atoms with E-state index in [0.717, 1.165) is 12.1 Å². The first-order valence-electron chi connectivity index (χ1n) is 4.86. The summed E-state index contributed by atoms with van der Waals surface area (Å²) < 4.78 is 5.01. The Morgan fingerprint density at radius 2 is 2.29 bits per heavy atom. The number of aromatic nitrogens is 1. The molecule has 0 spiro atoms. The van der Waals surface area contributed by atoms with Crippen molar-refractivity contribution in [2.45, 2.75) is 33.2 Å². The molecule has 1 atom stereocenters. The molecule has 0 saturated heterocycles. The van der Waals surface area contributed by atoms with Gasteiger partial charge in [0.1, 0.15) is 17.0 Å². The highest BCUT2D eigenvalue weighted by Gasteiger charge is 2.34. The first-order valence-corrected chi connectivity index (χ1v) is 4.86. The van der Waals surface area contributed by atoms with Crippen LogP contribution in [0.25, 0.3) is 0 Å². The van der Waals surface area contributed by atoms with E-state index in [2.05, 4.69) is 24.3 Å². The van der Waals surface area contributed by atoms with E-state index in [1.54, 1.807) is 6.92 Å². The van der Waals surface area contributed by atoms with E-state index >= 15 is 0 Å². The fourth-order valence-electron chi connectivity index (χ4n) is 1.84. The van der Waals surface area contributed by atoms with Crippen LogP contribution in [-0.4, -0.2) is 11.1 Å². The summed E-state index contributed by atoms with van der Waals surface area (Å²) in [6.45, 7) is 6.01. The molecule has 0 saturated carbocycles. The van der Waals surface area contributed by atoms with Crippen LogP contribution in [0, 0.1) is 12.8 Å². The molecule has 1 amide bonds. The van der Waals surface area contributed by atoms with E-state index in [1.165, 1.54) is 0 Å². The van der Waals surface area contributed by atoms with Crippen LogP contribution in [0.1, 0.15) is 48.1 Å². The van der Waals surface area contributed by atoms with Gasteiger partial charge in [-0.25, -0.2) is 0 Å². The second kappa shape index (κ2) is 3.12. The summed E-state index contributed by atoms with van der Waals surface area (Å²) in [5.74, 6) is 1.09. The second-order valence-corrected chi connectivity index (χ2v) is 4.15. The Morgan fingerprint density at radius 3 is 2.93 bits per heavy atom. The van der Waals surface area contributed by atoms with Gasteiger partial charge in [-0.3, -0.25) is 4.79 Å². The highest BCUT2D eigenvalue weighted by Crippen LogP contribution is 2.30. The summed E-state index contributed by atoms with van der Waals surface area (Å²) in [6.07, 6.45) is 0.907. The van der Waals surface area contributed by atoms with E-state index in [4.69, 9.17) is 4.52 Å². The minimum atomic E-state index is -0.0515. The third-order valence-corrected chi connectivity index (χ3v) is 2.46. The molecule has 1 aliphatic rings. The zero-order valence-corrected chi connectivity index (χ0v) is 8.63. The predicted octanol–water partition coefficient (Wildman–Crippen LogP) is 1.81. The molecule has 0 fully saturated rings. The van der Waals surface area contributed by atoms with Crippen molar-refractivity contribution in [3.63, 3.8) is 0 Å². The molecule has 1 aromatic heterocycles. The van der Waals surface area contributed by atoms with Crippen molar-refractivity contribution in [1.82, 2.24) is 10.5 Å². The molecule has 76 valence electrons. The largest absolute Gasteiger partial charge is 0.360 e. The zero-order valence-electron chi connectivity index (χ0n) is 8.63. The van der Waals surface area contributed by atoms with Gasteiger partial charge in [-0.2, -0.15) is 0 Å². The van der Waals surface area contributed by atoms with Crippen molar-refractivity contribution in [2.75, 3.05) is 0 Å². The number of nitrogens with one attached hydrogen (secondary N) is 1. The van der Waals surface area contributed by atoms with Crippen LogP contribution in [-0.2, 0) is 0 Å². The van der Waals surface area contributed by atoms with Gasteiger partial charge in [-0.1, -0.05) is 19.0 Å². The molecular formula is C10H14N2O2. The molecule has 0 aliphatic carbocycles. The Hall–Kier alpha value is -1.32. The highest BCUT2D eigenvalue weighted by atomic mass is 16.5. The van der Waals surface area contributed by atoms with Crippen molar-refractivity contribution in [2.24, 2.45) is 5.92 Å². The van der Waals surface area contributed by atoms with Gasteiger partial charge in [0.15, 0.2) is 0 Å². The number of carbonyl (C=O) groups is 1. The molecular weight excluding hydrogens is 180 g/mol. The van der Waals surface area contributed by atoms with Gasteiger partial charge in [-0.05, 0) is 19.3 Å². The van der Waals surface area contributed by atoms with Crippen molar-refractivity contribution < 1.29 is 9.32 Å². The SMILES string of the molecule is Cc1onc2c1C(=O)N[C@H]2CC(C)C. The van der Waals surface area contributed by atoms with Crippen molar-refractivity contribution >= 4 is 5.91 Å². The maximum absolute atomic E-state index is 11.5. The first kappa shape index (κ1) is 9.24. The molecule has 2 heterocycles. The summed E-state index contributed by atoms with van der Waals surface area (Å²) in [4.78, 5) is 11.5. The van der Waals surface area contributed by atoms with Crippen LogP contribution in [0.4, 0.5) is 0 Å². The van der Waals surface area contributed by atoms with Gasteiger partial charge >= 0.3 is 0 Å². The first-order chi connectivity index (χ1) is 6.59. The van der Waals surface area contributed by atoms with Crippen LogP contribution in [0.15, 0.2) is 4.52 Å². The Labute approximate surface area is 82.7 Å². The lowest BCUT2D eigenvalue weighted by Crippen LogP contribution is -2.21. The minimum Gasteiger partial charge on any atom is -0.360 e. The quantitative estimate of drug-likeness (QED) is 0.781. The van der Waals surface area contributed by atoms with Gasteiger partial charge < -0.3 is 9.84 Å². The third-order valence-electron chi connectivity index (χ3n) is 2.46. The number of fused-ring (bicyclic) bond motifs is 1. The number of amides is 1. The Morgan fingerprint density at radius 1 is 1.57 bits per heavy atom. The van der Waals surface area contributed by atoms with Gasteiger partial charge in [-0.15, -0.1) is 0 Å². The van der Waals surface area contributed by atoms with Crippen molar-refractivity contribution in [3.05, 3.63) is 17.0 Å². The molecule has 14 heavy (non-hydrogen) atoms. The fraction of sp³-hybridized carbons (Fsp3) is 0.600. The van der Waals surface area contributed by atoms with E-state index in [1.807, 2.05) is 0 Å². The number of hydrogen-bond acceptors (Lipinski definition) is 3. The summed E-state index contributed by atoms with van der Waals surface area (Å²) >= 11 is 0. The monoisotopic (exact) mass is 194 g/mol. The molecule has 1 aliphatic heterocycles. The number of rotatable bonds is 2. The lowest BCUT2D eigenvalue weighted by Gasteiger charge is -2.11. The standard InChI is InChI=1S/C10H14N2O2/c1-5(2)4-7-9-8(10(13)11-7)6(3)14-12-9/h5,7H,4H2,1-3H3,(H,11,13)/t7-/m0/s1. The molecule has 4 heteroatoms. The summed E-state index contributed by atoms with van der Waals surface area (Å²) in [5, 5.41) is 6.83. The van der Waals surface area contributed by atoms with Crippen LogP contribution >= 0.6 is 0 Å².